The normalized spacial score (nSPS) is 11.2. The lowest BCUT2D eigenvalue weighted by molar-refractivity contribution is -0.114. The summed E-state index contributed by atoms with van der Waals surface area (Å²) in [6.07, 6.45) is 0.710. The Kier molecular flexibility index (Phi) is 4.25. The molecular formula is C11H14NO4S-. The van der Waals surface area contributed by atoms with Crippen molar-refractivity contribution in [2.45, 2.75) is 20.3 Å². The number of aryl methyl sites for hydroxylation is 2. The molecule has 5 nitrogen and oxygen atoms in total. The topological polar surface area (TPSA) is 86.3 Å². The second-order valence-corrected chi connectivity index (χ2v) is 5.12. The van der Waals surface area contributed by atoms with Crippen LogP contribution in [0.3, 0.4) is 0 Å². The van der Waals surface area contributed by atoms with E-state index in [2.05, 4.69) is 5.32 Å². The Balaban J connectivity index is 2.92. The highest BCUT2D eigenvalue weighted by molar-refractivity contribution is 7.86. The molecule has 1 N–H and O–H groups in total. The number of benzene rings is 1. The molecular weight excluding hydrogens is 242 g/mol. The van der Waals surface area contributed by atoms with Crippen LogP contribution in [0.1, 0.15) is 18.1 Å². The second-order valence-electron chi connectivity index (χ2n) is 3.71. The van der Waals surface area contributed by atoms with E-state index in [4.69, 9.17) is 0 Å². The summed E-state index contributed by atoms with van der Waals surface area (Å²) < 4.78 is 31.4. The highest BCUT2D eigenvalue weighted by atomic mass is 32.2. The third-order valence-corrected chi connectivity index (χ3v) is 2.93. The first kappa shape index (κ1) is 13.7. The Bertz CT molecular complexity index is 522. The second kappa shape index (κ2) is 5.29. The van der Waals surface area contributed by atoms with E-state index in [1.54, 1.807) is 13.0 Å². The third kappa shape index (κ3) is 4.16. The molecule has 0 aliphatic rings. The van der Waals surface area contributed by atoms with Crippen molar-refractivity contribution in [1.29, 1.82) is 0 Å². The minimum Gasteiger partial charge on any atom is -0.748 e. The molecule has 0 saturated carbocycles. The van der Waals surface area contributed by atoms with Gasteiger partial charge in [-0.15, -0.1) is 0 Å². The van der Waals surface area contributed by atoms with Gasteiger partial charge >= 0.3 is 0 Å². The smallest absolute Gasteiger partial charge is 0.238 e. The number of para-hydroxylation sites is 1. The molecule has 6 heteroatoms. The van der Waals surface area contributed by atoms with E-state index in [-0.39, 0.29) is 0 Å². The zero-order chi connectivity index (χ0) is 13.1. The van der Waals surface area contributed by atoms with Gasteiger partial charge < -0.3 is 9.87 Å². The first-order valence-corrected chi connectivity index (χ1v) is 6.73. The summed E-state index contributed by atoms with van der Waals surface area (Å²) in [7, 11) is -4.54. The molecule has 0 radical (unpaired) electrons. The van der Waals surface area contributed by atoms with E-state index in [9.17, 15) is 17.8 Å². The van der Waals surface area contributed by atoms with Crippen LogP contribution < -0.4 is 5.32 Å². The van der Waals surface area contributed by atoms with Gasteiger partial charge in [-0.25, -0.2) is 8.42 Å². The Morgan fingerprint density at radius 3 is 2.59 bits per heavy atom. The van der Waals surface area contributed by atoms with Crippen LogP contribution in [0.5, 0.6) is 0 Å². The number of rotatable bonds is 4. The summed E-state index contributed by atoms with van der Waals surface area (Å²) in [6, 6.07) is 5.50. The van der Waals surface area contributed by atoms with Gasteiger partial charge in [0.2, 0.25) is 5.91 Å². The molecule has 0 spiro atoms. The minimum absolute atomic E-state index is 0.587. The molecule has 1 rings (SSSR count). The molecule has 0 saturated heterocycles. The van der Waals surface area contributed by atoms with Gasteiger partial charge in [-0.2, -0.15) is 0 Å². The summed E-state index contributed by atoms with van der Waals surface area (Å²) in [5, 5.41) is 2.47. The summed E-state index contributed by atoms with van der Waals surface area (Å²) in [5.74, 6) is -1.84. The number of hydrogen-bond acceptors (Lipinski definition) is 4. The van der Waals surface area contributed by atoms with Crippen molar-refractivity contribution in [3.8, 4) is 0 Å². The van der Waals surface area contributed by atoms with Crippen LogP contribution in [-0.4, -0.2) is 24.6 Å². The molecule has 0 fully saturated rings. The molecule has 94 valence electrons. The lowest BCUT2D eigenvalue weighted by Gasteiger charge is -2.13. The number of amides is 1. The van der Waals surface area contributed by atoms with Gasteiger partial charge in [0, 0.05) is 5.69 Å². The zero-order valence-corrected chi connectivity index (χ0v) is 10.5. The maximum atomic E-state index is 11.4. The zero-order valence-electron chi connectivity index (χ0n) is 9.69. The molecule has 0 bridgehead atoms. The van der Waals surface area contributed by atoms with E-state index in [1.165, 1.54) is 0 Å². The first-order valence-electron chi connectivity index (χ1n) is 5.15. The lowest BCUT2D eigenvalue weighted by Crippen LogP contribution is -2.23. The lowest BCUT2D eigenvalue weighted by atomic mass is 10.1. The standard InChI is InChI=1S/C11H15NO4S/c1-3-9-6-4-5-8(2)11(9)12-10(13)7-17(14,15)16/h4-6H,3,7H2,1-2H3,(H,12,13)(H,14,15,16)/p-1. The maximum Gasteiger partial charge on any atom is 0.238 e. The predicted octanol–water partition coefficient (Wildman–Crippen LogP) is 1.04. The minimum atomic E-state index is -4.54. The van der Waals surface area contributed by atoms with Crippen LogP contribution >= 0.6 is 0 Å². The average molecular weight is 256 g/mol. The predicted molar refractivity (Wildman–Crippen MR) is 63.8 cm³/mol. The van der Waals surface area contributed by atoms with Crippen molar-refractivity contribution in [3.63, 3.8) is 0 Å². The fraction of sp³-hybridized carbons (Fsp3) is 0.364. The van der Waals surface area contributed by atoms with Crippen LogP contribution in [0.4, 0.5) is 5.69 Å². The van der Waals surface area contributed by atoms with Gasteiger partial charge in [0.15, 0.2) is 0 Å². The first-order chi connectivity index (χ1) is 7.83. The number of carbonyl (C=O) groups excluding carboxylic acids is 1. The van der Waals surface area contributed by atoms with Gasteiger partial charge in [-0.1, -0.05) is 25.1 Å². The third-order valence-electron chi connectivity index (χ3n) is 2.31. The summed E-state index contributed by atoms with van der Waals surface area (Å²) in [5.41, 5.74) is 2.33. The van der Waals surface area contributed by atoms with Gasteiger partial charge in [0.25, 0.3) is 0 Å². The average Bonchev–Trinajstić information content (AvgIpc) is 2.18. The van der Waals surface area contributed by atoms with Gasteiger partial charge in [0.1, 0.15) is 15.9 Å². The van der Waals surface area contributed by atoms with Crippen molar-refractivity contribution in [2.75, 3.05) is 11.1 Å². The van der Waals surface area contributed by atoms with E-state index in [0.29, 0.717) is 12.1 Å². The van der Waals surface area contributed by atoms with Crippen LogP contribution in [0.15, 0.2) is 18.2 Å². The Morgan fingerprint density at radius 1 is 1.41 bits per heavy atom. The summed E-state index contributed by atoms with van der Waals surface area (Å²) in [6.45, 7) is 3.73. The number of hydrogen-bond donors (Lipinski definition) is 1. The van der Waals surface area contributed by atoms with Gasteiger partial charge in [0.05, 0.1) is 0 Å². The van der Waals surface area contributed by atoms with Crippen molar-refractivity contribution < 1.29 is 17.8 Å². The van der Waals surface area contributed by atoms with Crippen molar-refractivity contribution in [2.24, 2.45) is 0 Å². The molecule has 0 unspecified atom stereocenters. The largest absolute Gasteiger partial charge is 0.748 e. The molecule has 17 heavy (non-hydrogen) atoms. The van der Waals surface area contributed by atoms with Crippen molar-refractivity contribution in [1.82, 2.24) is 0 Å². The van der Waals surface area contributed by atoms with Crippen LogP contribution in [-0.2, 0) is 21.3 Å². The molecule has 0 atom stereocenters. The Morgan fingerprint density at radius 2 is 2.06 bits per heavy atom. The van der Waals surface area contributed by atoms with Crippen molar-refractivity contribution in [3.05, 3.63) is 29.3 Å². The van der Waals surface area contributed by atoms with E-state index in [0.717, 1.165) is 11.1 Å². The van der Waals surface area contributed by atoms with Crippen LogP contribution in [0.25, 0.3) is 0 Å². The highest BCUT2D eigenvalue weighted by Gasteiger charge is 2.10. The molecule has 0 aromatic heterocycles. The quantitative estimate of drug-likeness (QED) is 0.815. The number of anilines is 1. The van der Waals surface area contributed by atoms with Crippen molar-refractivity contribution >= 4 is 21.7 Å². The molecule has 1 aromatic carbocycles. The van der Waals surface area contributed by atoms with Crippen LogP contribution in [0.2, 0.25) is 0 Å². The Hall–Kier alpha value is -1.40. The molecule has 1 amide bonds. The van der Waals surface area contributed by atoms with Crippen LogP contribution in [0, 0.1) is 6.92 Å². The fourth-order valence-electron chi connectivity index (χ4n) is 1.54. The number of carbonyl (C=O) groups is 1. The maximum absolute atomic E-state index is 11.4. The SMILES string of the molecule is CCc1cccc(C)c1NC(=O)CS(=O)(=O)[O-]. The molecule has 0 aliphatic carbocycles. The fourth-order valence-corrected chi connectivity index (χ4v) is 1.93. The summed E-state index contributed by atoms with van der Waals surface area (Å²) in [4.78, 5) is 11.4. The molecule has 1 aromatic rings. The number of nitrogens with one attached hydrogen (secondary N) is 1. The van der Waals surface area contributed by atoms with Gasteiger partial charge in [-0.3, -0.25) is 4.79 Å². The highest BCUT2D eigenvalue weighted by Crippen LogP contribution is 2.20. The Labute approximate surface area is 101 Å². The van der Waals surface area contributed by atoms with E-state index < -0.39 is 21.8 Å². The summed E-state index contributed by atoms with van der Waals surface area (Å²) >= 11 is 0. The van der Waals surface area contributed by atoms with E-state index in [1.807, 2.05) is 19.1 Å². The van der Waals surface area contributed by atoms with Gasteiger partial charge in [-0.05, 0) is 24.5 Å². The van der Waals surface area contributed by atoms with E-state index >= 15 is 0 Å². The molecule has 0 aliphatic heterocycles. The molecule has 0 heterocycles. The monoisotopic (exact) mass is 256 g/mol.